The van der Waals surface area contributed by atoms with E-state index in [0.717, 1.165) is 5.56 Å². The largest absolute Gasteiger partial charge is 0.468 e. The van der Waals surface area contributed by atoms with Crippen molar-refractivity contribution in [2.24, 2.45) is 16.6 Å². The van der Waals surface area contributed by atoms with Crippen molar-refractivity contribution in [1.29, 1.82) is 0 Å². The van der Waals surface area contributed by atoms with Gasteiger partial charge in [-0.3, -0.25) is 9.98 Å². The number of aliphatic imine (C=N–C) groups is 1. The molecule has 2 aliphatic rings. The minimum atomic E-state index is -0.934. The summed E-state index contributed by atoms with van der Waals surface area (Å²) in [5.74, 6) is 0.666. The number of rotatable bonds is 7. The van der Waals surface area contributed by atoms with Gasteiger partial charge in [-0.05, 0) is 31.0 Å². The Balaban J connectivity index is 1.27. The molecule has 190 valence electrons. The monoisotopic (exact) mass is 523 g/mol. The maximum atomic E-state index is 15.1. The van der Waals surface area contributed by atoms with E-state index in [4.69, 9.17) is 15.0 Å². The Labute approximate surface area is 215 Å². The van der Waals surface area contributed by atoms with Crippen LogP contribution in [-0.4, -0.2) is 41.7 Å². The number of benzene rings is 1. The highest BCUT2D eigenvalue weighted by Gasteiger charge is 2.66. The lowest BCUT2D eigenvalue weighted by molar-refractivity contribution is 0.275. The molecule has 0 spiro atoms. The number of nitrogens with two attached hydrogens (primary N) is 1. The van der Waals surface area contributed by atoms with Gasteiger partial charge in [-0.2, -0.15) is 4.98 Å². The molecule has 3 aromatic heterocycles. The summed E-state index contributed by atoms with van der Waals surface area (Å²) in [6.07, 6.45) is 4.16. The predicted molar refractivity (Wildman–Crippen MR) is 133 cm³/mol. The van der Waals surface area contributed by atoms with E-state index >= 15 is 4.39 Å². The fourth-order valence-corrected chi connectivity index (χ4v) is 6.38. The Hall–Kier alpha value is -3.67. The van der Waals surface area contributed by atoms with Gasteiger partial charge in [0.2, 0.25) is 17.6 Å². The highest BCUT2D eigenvalue weighted by Crippen LogP contribution is 2.66. The number of alkyl halides is 1. The third-order valence-electron chi connectivity index (χ3n) is 6.96. The Morgan fingerprint density at radius 3 is 2.89 bits per heavy atom. The summed E-state index contributed by atoms with van der Waals surface area (Å²) in [4.78, 5) is 22.2. The number of aryl methyl sites for hydroxylation is 1. The van der Waals surface area contributed by atoms with Crippen LogP contribution in [-0.2, 0) is 18.6 Å². The Bertz CT molecular complexity index is 1550. The van der Waals surface area contributed by atoms with E-state index in [1.54, 1.807) is 31.3 Å². The summed E-state index contributed by atoms with van der Waals surface area (Å²) >= 11 is 1.26. The van der Waals surface area contributed by atoms with Gasteiger partial charge in [0.05, 0.1) is 27.7 Å². The molecule has 6 rings (SSSR count). The van der Waals surface area contributed by atoms with E-state index in [0.29, 0.717) is 52.7 Å². The van der Waals surface area contributed by atoms with Crippen LogP contribution in [0.3, 0.4) is 0 Å². The lowest BCUT2D eigenvalue weighted by Gasteiger charge is -2.33. The van der Waals surface area contributed by atoms with Crippen LogP contribution in [0, 0.1) is 18.7 Å². The lowest BCUT2D eigenvalue weighted by atomic mass is 9.84. The zero-order chi connectivity index (χ0) is 25.8. The van der Waals surface area contributed by atoms with Crippen LogP contribution in [0.1, 0.15) is 41.9 Å². The Kier molecular flexibility index (Phi) is 5.59. The number of halogens is 2. The van der Waals surface area contributed by atoms with Crippen LogP contribution < -0.4 is 10.5 Å². The summed E-state index contributed by atoms with van der Waals surface area (Å²) in [5, 5.41) is 4.08. The first kappa shape index (κ1) is 23.7. The fraction of sp³-hybridized carbons (Fsp3) is 0.360. The van der Waals surface area contributed by atoms with Gasteiger partial charge in [0.25, 0.3) is 0 Å². The Morgan fingerprint density at radius 2 is 2.11 bits per heavy atom. The summed E-state index contributed by atoms with van der Waals surface area (Å²) in [5.41, 5.74) is 8.24. The molecule has 3 atom stereocenters. The molecule has 4 heterocycles. The fourth-order valence-electron chi connectivity index (χ4n) is 5.06. The molecule has 0 bridgehead atoms. The standard InChI is InChI=1S/C25H23F2N7O2S/c1-13-31-20(34-36-13)11-35-21-10-30-22-17(32-21)5-6-29-18(22)8-14-3-4-16(27)15(7-14)24(2)19-9-25(19,12-26)37-23(28)33-24/h3-7,10,19H,8-9,11-12H2,1-2H3,(H2,28,33)/t19-,24+,25+/m0/s1. The molecule has 0 saturated heterocycles. The third kappa shape index (κ3) is 4.18. The second-order valence-electron chi connectivity index (χ2n) is 9.50. The molecule has 1 aliphatic heterocycles. The number of nitrogens with zero attached hydrogens (tertiary/aromatic N) is 6. The molecule has 9 nitrogen and oxygen atoms in total. The SMILES string of the molecule is Cc1nc(COc2cnc3c(Cc4ccc(F)c([C@@]5(C)N=C(N)S[C@@]6(CF)C[C@H]65)c4)nccc3n2)no1. The van der Waals surface area contributed by atoms with Gasteiger partial charge in [-0.15, -0.1) is 0 Å². The van der Waals surface area contributed by atoms with Gasteiger partial charge in [0.15, 0.2) is 11.8 Å². The number of amidine groups is 1. The van der Waals surface area contributed by atoms with Crippen molar-refractivity contribution in [2.75, 3.05) is 6.67 Å². The van der Waals surface area contributed by atoms with Gasteiger partial charge in [0.1, 0.15) is 18.0 Å². The van der Waals surface area contributed by atoms with Gasteiger partial charge in [-0.1, -0.05) is 29.1 Å². The number of thioether (sulfide) groups is 1. The van der Waals surface area contributed by atoms with E-state index in [2.05, 4.69) is 30.1 Å². The quantitative estimate of drug-likeness (QED) is 0.382. The molecular weight excluding hydrogens is 500 g/mol. The summed E-state index contributed by atoms with van der Waals surface area (Å²) in [6, 6.07) is 6.66. The lowest BCUT2D eigenvalue weighted by Crippen LogP contribution is -2.36. The van der Waals surface area contributed by atoms with Crippen LogP contribution in [0.25, 0.3) is 11.0 Å². The zero-order valence-electron chi connectivity index (χ0n) is 20.1. The van der Waals surface area contributed by atoms with E-state index in [-0.39, 0.29) is 17.7 Å². The van der Waals surface area contributed by atoms with Crippen LogP contribution >= 0.6 is 11.8 Å². The molecular formula is C25H23F2N7O2S. The van der Waals surface area contributed by atoms with Gasteiger partial charge >= 0.3 is 0 Å². The van der Waals surface area contributed by atoms with E-state index in [1.807, 2.05) is 6.92 Å². The number of pyridine rings is 1. The molecule has 1 aliphatic carbocycles. The summed E-state index contributed by atoms with van der Waals surface area (Å²) < 4.78 is 38.9. The Morgan fingerprint density at radius 1 is 1.24 bits per heavy atom. The molecule has 1 fully saturated rings. The molecule has 1 saturated carbocycles. The normalized spacial score (nSPS) is 24.5. The smallest absolute Gasteiger partial charge is 0.233 e. The first-order valence-corrected chi connectivity index (χ1v) is 12.5. The van der Waals surface area contributed by atoms with E-state index in [1.165, 1.54) is 24.0 Å². The van der Waals surface area contributed by atoms with Crippen molar-refractivity contribution in [2.45, 2.75) is 43.6 Å². The average molecular weight is 524 g/mol. The van der Waals surface area contributed by atoms with Crippen molar-refractivity contribution in [3.8, 4) is 5.88 Å². The number of hydrogen-bond donors (Lipinski definition) is 1. The molecule has 0 amide bonds. The second kappa shape index (κ2) is 8.72. The first-order valence-electron chi connectivity index (χ1n) is 11.7. The molecule has 4 aromatic rings. The maximum absolute atomic E-state index is 15.1. The van der Waals surface area contributed by atoms with Crippen molar-refractivity contribution < 1.29 is 18.0 Å². The average Bonchev–Trinajstić information content (AvgIpc) is 3.48. The van der Waals surface area contributed by atoms with Gasteiger partial charge < -0.3 is 15.0 Å². The van der Waals surface area contributed by atoms with Crippen molar-refractivity contribution in [3.63, 3.8) is 0 Å². The van der Waals surface area contributed by atoms with Crippen LogP contribution in [0.4, 0.5) is 8.78 Å². The van der Waals surface area contributed by atoms with Gasteiger partial charge in [0, 0.05) is 31.0 Å². The van der Waals surface area contributed by atoms with Crippen molar-refractivity contribution in [1.82, 2.24) is 25.1 Å². The summed E-state index contributed by atoms with van der Waals surface area (Å²) in [6.45, 7) is 3.12. The summed E-state index contributed by atoms with van der Waals surface area (Å²) in [7, 11) is 0. The highest BCUT2D eigenvalue weighted by molar-refractivity contribution is 8.15. The second-order valence-corrected chi connectivity index (χ2v) is 10.9. The van der Waals surface area contributed by atoms with Crippen LogP contribution in [0.2, 0.25) is 0 Å². The van der Waals surface area contributed by atoms with Crippen molar-refractivity contribution >= 4 is 28.0 Å². The number of fused-ring (bicyclic) bond motifs is 2. The zero-order valence-corrected chi connectivity index (χ0v) is 20.9. The number of aromatic nitrogens is 5. The number of hydrogen-bond acceptors (Lipinski definition) is 10. The van der Waals surface area contributed by atoms with Crippen molar-refractivity contribution in [3.05, 3.63) is 71.0 Å². The molecule has 37 heavy (non-hydrogen) atoms. The molecule has 12 heteroatoms. The topological polar surface area (TPSA) is 125 Å². The minimum Gasteiger partial charge on any atom is -0.468 e. The van der Waals surface area contributed by atoms with Gasteiger partial charge in [-0.25, -0.2) is 18.7 Å². The van der Waals surface area contributed by atoms with Crippen LogP contribution in [0.5, 0.6) is 5.88 Å². The van der Waals surface area contributed by atoms with E-state index in [9.17, 15) is 4.39 Å². The van der Waals surface area contributed by atoms with E-state index < -0.39 is 22.8 Å². The maximum Gasteiger partial charge on any atom is 0.233 e. The third-order valence-corrected chi connectivity index (χ3v) is 8.23. The minimum absolute atomic E-state index is 0.1000. The highest BCUT2D eigenvalue weighted by atomic mass is 32.2. The molecule has 0 unspecified atom stereocenters. The first-order chi connectivity index (χ1) is 17.8. The molecule has 1 aromatic carbocycles. The molecule has 0 radical (unpaired) electrons. The predicted octanol–water partition coefficient (Wildman–Crippen LogP) is 4.03. The van der Waals surface area contributed by atoms with Crippen LogP contribution in [0.15, 0.2) is 46.2 Å². The number of ether oxygens (including phenoxy) is 1. The molecule has 2 N–H and O–H groups in total.